The number of oxime groups is 1. The molecule has 5 rings (SSSR count). The fourth-order valence-corrected chi connectivity index (χ4v) is 7.35. The van der Waals surface area contributed by atoms with Crippen LogP contribution in [0.25, 0.3) is 0 Å². The quantitative estimate of drug-likeness (QED) is 0.0903. The predicted molar refractivity (Wildman–Crippen MR) is 149 cm³/mol. The maximum absolute atomic E-state index is 13.2. The fraction of sp³-hybridized carbons (Fsp3) is 0.545. The fourth-order valence-electron chi connectivity index (χ4n) is 4.53. The molecular formula is C22H26N10O7S3. The number of hydrogen-bond donors (Lipinski definition) is 3. The van der Waals surface area contributed by atoms with Crippen LogP contribution in [0.1, 0.15) is 37.9 Å². The molecule has 2 aromatic rings. The van der Waals surface area contributed by atoms with Crippen molar-refractivity contribution >= 4 is 69.7 Å². The minimum Gasteiger partial charge on any atom is -0.477 e. The maximum atomic E-state index is 13.2. The second kappa shape index (κ2) is 13.0. The number of esters is 1. The molecule has 42 heavy (non-hydrogen) atoms. The number of nitrogens with two attached hydrogens (primary N) is 1. The van der Waals surface area contributed by atoms with Crippen molar-refractivity contribution in [1.82, 2.24) is 39.8 Å². The molecule has 2 fully saturated rings. The second-order valence-electron chi connectivity index (χ2n) is 9.33. The number of rotatable bonds is 12. The van der Waals surface area contributed by atoms with Gasteiger partial charge in [-0.25, -0.2) is 9.48 Å². The van der Waals surface area contributed by atoms with Gasteiger partial charge in [-0.1, -0.05) is 16.9 Å². The Morgan fingerprint density at radius 2 is 2.07 bits per heavy atom. The topological polar surface area (TPSA) is 230 Å². The Kier molecular flexibility index (Phi) is 9.21. The van der Waals surface area contributed by atoms with Crippen molar-refractivity contribution in [2.75, 3.05) is 24.3 Å². The van der Waals surface area contributed by atoms with Crippen molar-refractivity contribution in [1.29, 1.82) is 0 Å². The van der Waals surface area contributed by atoms with Crippen molar-refractivity contribution in [3.05, 3.63) is 17.1 Å². The molecule has 2 atom stereocenters. The number of fused-ring (bicyclic) bond motifs is 1. The number of carboxylic acids is 1. The van der Waals surface area contributed by atoms with Crippen molar-refractivity contribution < 1.29 is 33.9 Å². The molecule has 4 heterocycles. The largest absolute Gasteiger partial charge is 0.477 e. The third-order valence-electron chi connectivity index (χ3n) is 6.63. The molecule has 1 saturated carbocycles. The van der Waals surface area contributed by atoms with Gasteiger partial charge in [0.1, 0.15) is 23.2 Å². The van der Waals surface area contributed by atoms with E-state index in [9.17, 15) is 24.3 Å². The lowest BCUT2D eigenvalue weighted by atomic mass is 10.0. The van der Waals surface area contributed by atoms with Crippen LogP contribution in [0.3, 0.4) is 0 Å². The van der Waals surface area contributed by atoms with Gasteiger partial charge in [-0.05, 0) is 41.7 Å². The molecule has 3 aliphatic rings. The molecule has 0 aromatic carbocycles. The smallest absolute Gasteiger partial charge is 0.352 e. The summed E-state index contributed by atoms with van der Waals surface area (Å²) in [7, 11) is 1.28. The summed E-state index contributed by atoms with van der Waals surface area (Å²) in [4.78, 5) is 60.9. The highest BCUT2D eigenvalue weighted by Gasteiger charge is 2.54. The molecule has 0 bridgehead atoms. The number of nitrogen functional groups attached to an aromatic ring is 1. The minimum atomic E-state index is -1.27. The molecule has 1 saturated heterocycles. The number of thioether (sulfide) groups is 2. The van der Waals surface area contributed by atoms with Crippen LogP contribution in [0, 0.1) is 0 Å². The number of aromatic nitrogens is 6. The van der Waals surface area contributed by atoms with Gasteiger partial charge in [-0.2, -0.15) is 9.36 Å². The van der Waals surface area contributed by atoms with Gasteiger partial charge in [-0.3, -0.25) is 19.3 Å². The van der Waals surface area contributed by atoms with Crippen LogP contribution in [0.4, 0.5) is 5.13 Å². The Bertz CT molecular complexity index is 1440. The molecule has 17 nitrogen and oxygen atoms in total. The summed E-state index contributed by atoms with van der Waals surface area (Å²) in [6.45, 7) is 0.190. The first-order valence-electron chi connectivity index (χ1n) is 12.8. The number of methoxy groups -OCH3 is 1. The normalized spacial score (nSPS) is 20.7. The number of anilines is 1. The number of carboxylic acid groups (broad SMARTS) is 1. The molecule has 1 unspecified atom stereocenters. The first-order chi connectivity index (χ1) is 20.3. The monoisotopic (exact) mass is 638 g/mol. The maximum Gasteiger partial charge on any atom is 0.352 e. The summed E-state index contributed by atoms with van der Waals surface area (Å²) >= 11 is 3.39. The summed E-state index contributed by atoms with van der Waals surface area (Å²) in [6.07, 6.45) is 3.56. The Morgan fingerprint density at radius 1 is 1.29 bits per heavy atom. The van der Waals surface area contributed by atoms with E-state index in [1.54, 1.807) is 0 Å². The number of nitrogens with zero attached hydrogens (tertiary/aromatic N) is 8. The van der Waals surface area contributed by atoms with E-state index in [2.05, 4.69) is 40.1 Å². The van der Waals surface area contributed by atoms with E-state index in [1.165, 1.54) is 40.2 Å². The molecule has 2 aliphatic heterocycles. The highest BCUT2D eigenvalue weighted by atomic mass is 32.2. The van der Waals surface area contributed by atoms with Crippen LogP contribution in [-0.4, -0.2) is 105 Å². The van der Waals surface area contributed by atoms with Gasteiger partial charge in [-0.15, -0.1) is 16.9 Å². The number of carbonyl (C=O) groups excluding carboxylic acids is 3. The number of ether oxygens (including phenoxy) is 1. The van der Waals surface area contributed by atoms with E-state index in [1.807, 2.05) is 0 Å². The molecular weight excluding hydrogens is 613 g/mol. The number of hydrogen-bond acceptors (Lipinski definition) is 16. The Morgan fingerprint density at radius 3 is 2.76 bits per heavy atom. The molecule has 4 N–H and O–H groups in total. The molecule has 0 radical (unpaired) electrons. The van der Waals surface area contributed by atoms with Crippen LogP contribution >= 0.6 is 35.1 Å². The summed E-state index contributed by atoms with van der Waals surface area (Å²) < 4.78 is 10.1. The molecule has 20 heteroatoms. The number of tetrazole rings is 1. The second-order valence-corrected chi connectivity index (χ2v) is 12.2. The SMILES string of the molecule is COC(=O)CCn1nnnc1SCC1=C(C(=O)O)N2C(=O)C(NC(=O)/C(=N\OC3CCCC3)c3nsc(N)n3)[C@H]2SC1. The van der Waals surface area contributed by atoms with Crippen LogP contribution in [0.5, 0.6) is 0 Å². The van der Waals surface area contributed by atoms with Gasteiger partial charge in [0.25, 0.3) is 11.8 Å². The third kappa shape index (κ3) is 6.33. The Hall–Kier alpha value is -3.78. The third-order valence-corrected chi connectivity index (χ3v) is 9.56. The van der Waals surface area contributed by atoms with E-state index in [-0.39, 0.29) is 52.9 Å². The minimum absolute atomic E-state index is 0.0210. The molecule has 224 valence electrons. The predicted octanol–water partition coefficient (Wildman–Crippen LogP) is -0.136. The van der Waals surface area contributed by atoms with Gasteiger partial charge in [0.2, 0.25) is 16.7 Å². The van der Waals surface area contributed by atoms with E-state index in [0.29, 0.717) is 10.7 Å². The Labute approximate surface area is 250 Å². The van der Waals surface area contributed by atoms with Crippen LogP contribution in [0.15, 0.2) is 21.6 Å². The van der Waals surface area contributed by atoms with Crippen molar-refractivity contribution in [2.24, 2.45) is 5.16 Å². The molecule has 2 amide bonds. The van der Waals surface area contributed by atoms with Gasteiger partial charge in [0.15, 0.2) is 5.13 Å². The van der Waals surface area contributed by atoms with Crippen LogP contribution < -0.4 is 11.1 Å². The number of amides is 2. The van der Waals surface area contributed by atoms with Crippen molar-refractivity contribution in [2.45, 2.75) is 61.3 Å². The van der Waals surface area contributed by atoms with Crippen LogP contribution in [0.2, 0.25) is 0 Å². The van der Waals surface area contributed by atoms with Crippen molar-refractivity contribution in [3.63, 3.8) is 0 Å². The number of carbonyl (C=O) groups is 4. The number of nitrogens with one attached hydrogen (secondary N) is 1. The summed E-state index contributed by atoms with van der Waals surface area (Å²) in [5.74, 6) is -2.55. The lowest BCUT2D eigenvalue weighted by Gasteiger charge is -2.49. The molecule has 1 aliphatic carbocycles. The van der Waals surface area contributed by atoms with Crippen molar-refractivity contribution in [3.8, 4) is 0 Å². The van der Waals surface area contributed by atoms with Gasteiger partial charge in [0, 0.05) is 23.0 Å². The molecule has 2 aromatic heterocycles. The van der Waals surface area contributed by atoms with E-state index in [0.717, 1.165) is 37.2 Å². The Balaban J connectivity index is 1.27. The average molecular weight is 639 g/mol. The van der Waals surface area contributed by atoms with Crippen LogP contribution in [-0.2, 0) is 35.3 Å². The average Bonchev–Trinajstić information content (AvgIpc) is 3.76. The highest BCUT2D eigenvalue weighted by Crippen LogP contribution is 2.41. The zero-order chi connectivity index (χ0) is 29.8. The summed E-state index contributed by atoms with van der Waals surface area (Å²) in [5, 5.41) is 27.9. The lowest BCUT2D eigenvalue weighted by Crippen LogP contribution is -2.71. The summed E-state index contributed by atoms with van der Waals surface area (Å²) in [5.41, 5.74) is 5.83. The number of aliphatic carboxylic acids is 1. The van der Waals surface area contributed by atoms with Gasteiger partial charge < -0.3 is 25.7 Å². The summed E-state index contributed by atoms with van der Waals surface area (Å²) in [6, 6.07) is -0.996. The lowest BCUT2D eigenvalue weighted by molar-refractivity contribution is -0.150. The zero-order valence-electron chi connectivity index (χ0n) is 22.2. The first-order valence-corrected chi connectivity index (χ1v) is 15.6. The van der Waals surface area contributed by atoms with Gasteiger partial charge >= 0.3 is 11.9 Å². The zero-order valence-corrected chi connectivity index (χ0v) is 24.6. The first kappa shape index (κ1) is 29.7. The molecule has 0 spiro atoms. The highest BCUT2D eigenvalue weighted by molar-refractivity contribution is 8.01. The van der Waals surface area contributed by atoms with E-state index < -0.39 is 35.2 Å². The van der Waals surface area contributed by atoms with Gasteiger partial charge in [0.05, 0.1) is 20.1 Å². The standard InChI is InChI=1S/C22H26N10O7S3/c1-38-12(33)6-7-31-22(26-29-30-31)41-9-10-8-40-19-14(18(35)32(19)15(10)20(36)37)24-17(34)13(16-25-21(23)42-28-16)27-39-11-4-2-3-5-11/h11,14,19H,2-9H2,1H3,(H,24,34)(H,36,37)(H2,23,25,28)/b27-13-/t14?,19-/m1/s1. The number of aryl methyl sites for hydroxylation is 1. The number of β-lactam (4-membered cyclic amide) rings is 1. The van der Waals surface area contributed by atoms with E-state index >= 15 is 0 Å². The van der Waals surface area contributed by atoms with E-state index in [4.69, 9.17) is 10.6 Å².